The molecule has 0 spiro atoms. The van der Waals surface area contributed by atoms with Crippen LogP contribution in [0.15, 0.2) is 18.2 Å². The van der Waals surface area contributed by atoms with Crippen LogP contribution in [0.25, 0.3) is 0 Å². The zero-order valence-electron chi connectivity index (χ0n) is 16.3. The van der Waals surface area contributed by atoms with E-state index >= 15 is 0 Å². The van der Waals surface area contributed by atoms with Crippen LogP contribution in [0.5, 0.6) is 0 Å². The molecule has 9 heteroatoms. The first kappa shape index (κ1) is 21.5. The third-order valence-electron chi connectivity index (χ3n) is 5.84. The number of hydrogen-bond donors (Lipinski definition) is 2. The number of piperidine rings is 1. The smallest absolute Gasteiger partial charge is 0.342 e. The van der Waals surface area contributed by atoms with Crippen LogP contribution in [0.4, 0.5) is 19.0 Å². The lowest BCUT2D eigenvalue weighted by molar-refractivity contribution is -0.141. The number of hydrogen-bond acceptors (Lipinski definition) is 4. The van der Waals surface area contributed by atoms with Gasteiger partial charge in [-0.05, 0) is 43.7 Å². The molecule has 2 heterocycles. The van der Waals surface area contributed by atoms with Crippen LogP contribution in [0.3, 0.4) is 0 Å². The molecule has 1 aromatic heterocycles. The zero-order valence-corrected chi connectivity index (χ0v) is 16.3. The number of rotatable bonds is 4. The Hall–Kier alpha value is -2.16. The molecule has 1 saturated heterocycles. The molecular formula is C20H27F3N4O2. The SMILES string of the molecule is NC1CCCCC1C(=O)N1CCC(CC(=O)Nc2cccc(C(F)(F)F)n2)CC1. The van der Waals surface area contributed by atoms with Gasteiger partial charge < -0.3 is 16.0 Å². The number of aromatic nitrogens is 1. The van der Waals surface area contributed by atoms with Crippen LogP contribution in [-0.2, 0) is 15.8 Å². The van der Waals surface area contributed by atoms with E-state index in [0.29, 0.717) is 25.9 Å². The minimum atomic E-state index is -4.55. The van der Waals surface area contributed by atoms with Crippen molar-refractivity contribution in [3.8, 4) is 0 Å². The Bertz CT molecular complexity index is 733. The number of nitrogens with zero attached hydrogens (tertiary/aromatic N) is 2. The van der Waals surface area contributed by atoms with E-state index in [2.05, 4.69) is 10.3 Å². The van der Waals surface area contributed by atoms with E-state index in [1.54, 1.807) is 0 Å². The monoisotopic (exact) mass is 412 g/mol. The second-order valence-corrected chi connectivity index (χ2v) is 7.98. The molecule has 0 aromatic carbocycles. The predicted octanol–water partition coefficient (Wildman–Crippen LogP) is 3.19. The number of anilines is 1. The number of carbonyl (C=O) groups is 2. The second kappa shape index (κ2) is 9.11. The van der Waals surface area contributed by atoms with Gasteiger partial charge >= 0.3 is 6.18 Å². The summed E-state index contributed by atoms with van der Waals surface area (Å²) in [5, 5.41) is 2.45. The Morgan fingerprint density at radius 2 is 1.83 bits per heavy atom. The summed E-state index contributed by atoms with van der Waals surface area (Å²) < 4.78 is 38.2. The van der Waals surface area contributed by atoms with E-state index in [9.17, 15) is 22.8 Å². The molecule has 3 N–H and O–H groups in total. The molecule has 1 saturated carbocycles. The van der Waals surface area contributed by atoms with E-state index < -0.39 is 11.9 Å². The fourth-order valence-corrected chi connectivity index (χ4v) is 4.18. The number of nitrogens with two attached hydrogens (primary N) is 1. The van der Waals surface area contributed by atoms with Gasteiger partial charge in [0.15, 0.2) is 0 Å². The minimum Gasteiger partial charge on any atom is -0.342 e. The largest absolute Gasteiger partial charge is 0.433 e. The topological polar surface area (TPSA) is 88.3 Å². The molecule has 0 radical (unpaired) electrons. The van der Waals surface area contributed by atoms with Gasteiger partial charge in [-0.1, -0.05) is 18.9 Å². The van der Waals surface area contributed by atoms with Gasteiger partial charge in [0.05, 0.1) is 5.92 Å². The predicted molar refractivity (Wildman–Crippen MR) is 102 cm³/mol. The Morgan fingerprint density at radius 3 is 2.48 bits per heavy atom. The number of amides is 2. The van der Waals surface area contributed by atoms with Gasteiger partial charge in [0.2, 0.25) is 11.8 Å². The van der Waals surface area contributed by atoms with Gasteiger partial charge in [-0.25, -0.2) is 4.98 Å². The molecule has 160 valence electrons. The summed E-state index contributed by atoms with van der Waals surface area (Å²) in [6.07, 6.45) is 0.855. The first-order valence-corrected chi connectivity index (χ1v) is 10.1. The quantitative estimate of drug-likeness (QED) is 0.795. The highest BCUT2D eigenvalue weighted by Gasteiger charge is 2.34. The highest BCUT2D eigenvalue weighted by molar-refractivity contribution is 5.90. The van der Waals surface area contributed by atoms with Gasteiger partial charge in [-0.2, -0.15) is 13.2 Å². The maximum absolute atomic E-state index is 12.7. The van der Waals surface area contributed by atoms with E-state index in [1.165, 1.54) is 12.1 Å². The van der Waals surface area contributed by atoms with Crippen LogP contribution in [-0.4, -0.2) is 40.8 Å². The molecule has 1 aliphatic heterocycles. The van der Waals surface area contributed by atoms with Crippen molar-refractivity contribution in [2.24, 2.45) is 17.6 Å². The van der Waals surface area contributed by atoms with Crippen molar-refractivity contribution in [3.63, 3.8) is 0 Å². The molecule has 2 atom stereocenters. The van der Waals surface area contributed by atoms with Crippen LogP contribution in [0.2, 0.25) is 0 Å². The molecule has 2 fully saturated rings. The highest BCUT2D eigenvalue weighted by Crippen LogP contribution is 2.29. The third-order valence-corrected chi connectivity index (χ3v) is 5.84. The van der Waals surface area contributed by atoms with Gasteiger partial charge in [0.25, 0.3) is 0 Å². The van der Waals surface area contributed by atoms with E-state index in [4.69, 9.17) is 5.73 Å². The van der Waals surface area contributed by atoms with Gasteiger partial charge in [-0.15, -0.1) is 0 Å². The summed E-state index contributed by atoms with van der Waals surface area (Å²) in [4.78, 5) is 30.2. The highest BCUT2D eigenvalue weighted by atomic mass is 19.4. The number of alkyl halides is 3. The normalized spacial score (nSPS) is 23.7. The fourth-order valence-electron chi connectivity index (χ4n) is 4.18. The Kier molecular flexibility index (Phi) is 6.77. The molecule has 6 nitrogen and oxygen atoms in total. The lowest BCUT2D eigenvalue weighted by Crippen LogP contribution is -2.48. The van der Waals surface area contributed by atoms with Crippen molar-refractivity contribution in [3.05, 3.63) is 23.9 Å². The van der Waals surface area contributed by atoms with Crippen LogP contribution in [0, 0.1) is 11.8 Å². The van der Waals surface area contributed by atoms with Crippen molar-refractivity contribution in [2.45, 2.75) is 57.2 Å². The summed E-state index contributed by atoms with van der Waals surface area (Å²) in [6.45, 7) is 1.17. The number of halogens is 3. The third kappa shape index (κ3) is 5.68. The molecule has 0 bridgehead atoms. The lowest BCUT2D eigenvalue weighted by atomic mass is 9.83. The van der Waals surface area contributed by atoms with Crippen molar-refractivity contribution in [1.29, 1.82) is 0 Å². The first-order chi connectivity index (χ1) is 13.7. The fraction of sp³-hybridized carbons (Fsp3) is 0.650. The number of likely N-dealkylation sites (tertiary alicyclic amines) is 1. The first-order valence-electron chi connectivity index (χ1n) is 10.1. The number of pyridine rings is 1. The second-order valence-electron chi connectivity index (χ2n) is 7.98. The molecule has 2 unspecified atom stereocenters. The average Bonchev–Trinajstić information content (AvgIpc) is 2.68. The maximum Gasteiger partial charge on any atom is 0.433 e. The van der Waals surface area contributed by atoms with Gasteiger partial charge in [0, 0.05) is 25.6 Å². The molecule has 2 amide bonds. The summed E-state index contributed by atoms with van der Waals surface area (Å²) in [6, 6.07) is 3.34. The number of nitrogens with one attached hydrogen (secondary N) is 1. The molecule has 1 aromatic rings. The Morgan fingerprint density at radius 1 is 1.14 bits per heavy atom. The lowest BCUT2D eigenvalue weighted by Gasteiger charge is -2.37. The molecular weight excluding hydrogens is 385 g/mol. The zero-order chi connectivity index (χ0) is 21.0. The van der Waals surface area contributed by atoms with Crippen LogP contribution in [0.1, 0.15) is 50.6 Å². The molecule has 29 heavy (non-hydrogen) atoms. The average molecular weight is 412 g/mol. The minimum absolute atomic E-state index is 0.0697. The van der Waals surface area contributed by atoms with Crippen molar-refractivity contribution in [2.75, 3.05) is 18.4 Å². The Labute approximate surface area is 168 Å². The van der Waals surface area contributed by atoms with Gasteiger partial charge in [0.1, 0.15) is 11.5 Å². The van der Waals surface area contributed by atoms with Gasteiger partial charge in [-0.3, -0.25) is 9.59 Å². The van der Waals surface area contributed by atoms with Crippen molar-refractivity contribution < 1.29 is 22.8 Å². The van der Waals surface area contributed by atoms with Crippen molar-refractivity contribution in [1.82, 2.24) is 9.88 Å². The van der Waals surface area contributed by atoms with E-state index in [0.717, 1.165) is 31.7 Å². The maximum atomic E-state index is 12.7. The standard InChI is InChI=1S/C20H27F3N4O2/c21-20(22,23)16-6-3-7-17(25-16)26-18(28)12-13-8-10-27(11-9-13)19(29)14-4-1-2-5-15(14)24/h3,6-7,13-15H,1-2,4-5,8-12,24H2,(H,25,26,28). The number of carbonyl (C=O) groups excluding carboxylic acids is 2. The summed E-state index contributed by atoms with van der Waals surface area (Å²) in [5.41, 5.74) is 5.07. The van der Waals surface area contributed by atoms with E-state index in [1.807, 2.05) is 4.90 Å². The summed E-state index contributed by atoms with van der Waals surface area (Å²) in [5.74, 6) is -0.367. The van der Waals surface area contributed by atoms with Crippen LogP contribution >= 0.6 is 0 Å². The Balaban J connectivity index is 1.47. The summed E-state index contributed by atoms with van der Waals surface area (Å²) >= 11 is 0. The summed E-state index contributed by atoms with van der Waals surface area (Å²) in [7, 11) is 0. The van der Waals surface area contributed by atoms with Crippen LogP contribution < -0.4 is 11.1 Å². The molecule has 3 rings (SSSR count). The van der Waals surface area contributed by atoms with Crippen molar-refractivity contribution >= 4 is 17.6 Å². The molecule has 1 aliphatic carbocycles. The van der Waals surface area contributed by atoms with E-state index in [-0.39, 0.29) is 41.9 Å². The molecule has 2 aliphatic rings.